The van der Waals surface area contributed by atoms with Crippen molar-refractivity contribution in [1.82, 2.24) is 4.90 Å². The van der Waals surface area contributed by atoms with Crippen LogP contribution in [0.3, 0.4) is 0 Å². The van der Waals surface area contributed by atoms with Crippen LogP contribution in [0, 0.1) is 13.8 Å². The van der Waals surface area contributed by atoms with Crippen molar-refractivity contribution in [1.29, 1.82) is 0 Å². The van der Waals surface area contributed by atoms with E-state index >= 15 is 0 Å². The van der Waals surface area contributed by atoms with Crippen LogP contribution in [0.5, 0.6) is 11.5 Å². The Morgan fingerprint density at radius 3 is 2.62 bits per heavy atom. The van der Waals surface area contributed by atoms with Crippen molar-refractivity contribution < 1.29 is 18.7 Å². The van der Waals surface area contributed by atoms with Crippen LogP contribution in [0.4, 0.5) is 0 Å². The summed E-state index contributed by atoms with van der Waals surface area (Å²) in [6.45, 7) is 4.43. The number of carbonyl (C=O) groups is 1. The molecule has 1 aromatic carbocycles. The molecule has 1 aliphatic rings. The summed E-state index contributed by atoms with van der Waals surface area (Å²) < 4.78 is 16.3. The van der Waals surface area contributed by atoms with Crippen molar-refractivity contribution in [2.24, 2.45) is 0 Å². The molecule has 0 saturated carbocycles. The highest BCUT2D eigenvalue weighted by atomic mass is 16.5. The zero-order valence-electron chi connectivity index (χ0n) is 14.6. The molecule has 128 valence electrons. The minimum Gasteiger partial charge on any atom is -0.497 e. The zero-order chi connectivity index (χ0) is 17.3. The molecule has 0 unspecified atom stereocenters. The van der Waals surface area contributed by atoms with E-state index in [0.717, 1.165) is 42.2 Å². The van der Waals surface area contributed by atoms with Gasteiger partial charge in [0.15, 0.2) is 0 Å². The second kappa shape index (κ2) is 6.59. The van der Waals surface area contributed by atoms with Gasteiger partial charge in [0, 0.05) is 18.2 Å². The summed E-state index contributed by atoms with van der Waals surface area (Å²) >= 11 is 0. The summed E-state index contributed by atoms with van der Waals surface area (Å²) in [5.74, 6) is 2.94. The molecular weight excluding hydrogens is 306 g/mol. The van der Waals surface area contributed by atoms with Crippen LogP contribution >= 0.6 is 0 Å². The molecule has 1 amide bonds. The van der Waals surface area contributed by atoms with Crippen molar-refractivity contribution in [2.75, 3.05) is 20.8 Å². The fourth-order valence-corrected chi connectivity index (χ4v) is 3.42. The number of rotatable bonds is 4. The number of methoxy groups -OCH3 is 2. The highest BCUT2D eigenvalue weighted by molar-refractivity contribution is 5.95. The summed E-state index contributed by atoms with van der Waals surface area (Å²) in [5, 5.41) is 0. The normalized spacial score (nSPS) is 17.2. The summed E-state index contributed by atoms with van der Waals surface area (Å²) in [5.41, 5.74) is 1.66. The Morgan fingerprint density at radius 1 is 1.21 bits per heavy atom. The van der Waals surface area contributed by atoms with Crippen LogP contribution in [-0.4, -0.2) is 31.6 Å². The van der Waals surface area contributed by atoms with Gasteiger partial charge in [-0.25, -0.2) is 0 Å². The minimum atomic E-state index is 0.00737. The lowest BCUT2D eigenvalue weighted by atomic mass is 10.0. The van der Waals surface area contributed by atoms with Gasteiger partial charge < -0.3 is 18.8 Å². The summed E-state index contributed by atoms with van der Waals surface area (Å²) in [6.07, 6.45) is 1.89. The molecule has 1 saturated heterocycles. The number of aryl methyl sites for hydroxylation is 2. The van der Waals surface area contributed by atoms with E-state index in [0.29, 0.717) is 11.3 Å². The van der Waals surface area contributed by atoms with Gasteiger partial charge in [-0.2, -0.15) is 0 Å². The molecule has 0 bridgehead atoms. The van der Waals surface area contributed by atoms with Gasteiger partial charge in [-0.1, -0.05) is 0 Å². The van der Waals surface area contributed by atoms with Gasteiger partial charge in [-0.3, -0.25) is 4.79 Å². The molecule has 5 heteroatoms. The highest BCUT2D eigenvalue weighted by Crippen LogP contribution is 2.39. The van der Waals surface area contributed by atoms with E-state index in [-0.39, 0.29) is 11.9 Å². The van der Waals surface area contributed by atoms with Gasteiger partial charge in [0.2, 0.25) is 0 Å². The van der Waals surface area contributed by atoms with E-state index in [1.807, 2.05) is 43.0 Å². The van der Waals surface area contributed by atoms with Crippen molar-refractivity contribution in [3.8, 4) is 11.5 Å². The summed E-state index contributed by atoms with van der Waals surface area (Å²) in [6, 6.07) is 7.59. The van der Waals surface area contributed by atoms with E-state index < -0.39 is 0 Å². The average Bonchev–Trinajstić information content (AvgIpc) is 3.19. The van der Waals surface area contributed by atoms with Crippen LogP contribution in [0.2, 0.25) is 0 Å². The number of nitrogens with zero attached hydrogens (tertiary/aromatic N) is 1. The molecular formula is C19H23NO4. The van der Waals surface area contributed by atoms with Crippen molar-refractivity contribution in [2.45, 2.75) is 32.7 Å². The standard InChI is InChI=1S/C19H23NO4/c1-12-10-16(13(2)24-12)19(21)20-9-5-6-17(20)15-8-7-14(22-3)11-18(15)23-4/h7-8,10-11,17H,5-6,9H2,1-4H3/t17-/m0/s1. The maximum absolute atomic E-state index is 13.0. The molecule has 0 aliphatic carbocycles. The Labute approximate surface area is 142 Å². The summed E-state index contributed by atoms with van der Waals surface area (Å²) in [7, 11) is 3.27. The monoisotopic (exact) mass is 329 g/mol. The van der Waals surface area contributed by atoms with Crippen molar-refractivity contribution in [3.05, 3.63) is 46.9 Å². The number of carbonyl (C=O) groups excluding carboxylic acids is 1. The van der Waals surface area contributed by atoms with Crippen molar-refractivity contribution in [3.63, 3.8) is 0 Å². The zero-order valence-corrected chi connectivity index (χ0v) is 14.6. The predicted octanol–water partition coefficient (Wildman–Crippen LogP) is 3.89. The first-order chi connectivity index (χ1) is 11.5. The van der Waals surface area contributed by atoms with Crippen LogP contribution in [0.15, 0.2) is 28.7 Å². The third-order valence-electron chi connectivity index (χ3n) is 4.58. The van der Waals surface area contributed by atoms with Gasteiger partial charge in [-0.05, 0) is 44.9 Å². The Balaban J connectivity index is 1.93. The number of likely N-dealkylation sites (tertiary alicyclic amines) is 1. The molecule has 2 heterocycles. The highest BCUT2D eigenvalue weighted by Gasteiger charge is 2.33. The molecule has 0 N–H and O–H groups in total. The van der Waals surface area contributed by atoms with Crippen LogP contribution < -0.4 is 9.47 Å². The number of hydrogen-bond donors (Lipinski definition) is 0. The topological polar surface area (TPSA) is 51.9 Å². The summed E-state index contributed by atoms with van der Waals surface area (Å²) in [4.78, 5) is 14.9. The third-order valence-corrected chi connectivity index (χ3v) is 4.58. The number of hydrogen-bond acceptors (Lipinski definition) is 4. The van der Waals surface area contributed by atoms with Crippen LogP contribution in [0.1, 0.15) is 46.3 Å². The van der Waals surface area contributed by atoms with E-state index in [9.17, 15) is 4.79 Å². The number of benzene rings is 1. The van der Waals surface area contributed by atoms with E-state index in [2.05, 4.69) is 0 Å². The second-order valence-electron chi connectivity index (χ2n) is 6.09. The molecule has 0 radical (unpaired) electrons. The Kier molecular flexibility index (Phi) is 4.51. The minimum absolute atomic E-state index is 0.00737. The van der Waals surface area contributed by atoms with E-state index in [4.69, 9.17) is 13.9 Å². The fourth-order valence-electron chi connectivity index (χ4n) is 3.42. The van der Waals surface area contributed by atoms with Gasteiger partial charge in [0.1, 0.15) is 23.0 Å². The van der Waals surface area contributed by atoms with Gasteiger partial charge in [-0.15, -0.1) is 0 Å². The third kappa shape index (κ3) is 2.86. The first kappa shape index (κ1) is 16.4. The Bertz CT molecular complexity index is 750. The number of amides is 1. The van der Waals surface area contributed by atoms with Crippen LogP contribution in [0.25, 0.3) is 0 Å². The molecule has 5 nitrogen and oxygen atoms in total. The largest absolute Gasteiger partial charge is 0.497 e. The number of furan rings is 1. The maximum atomic E-state index is 13.0. The number of ether oxygens (including phenoxy) is 2. The molecule has 1 aromatic heterocycles. The Hall–Kier alpha value is -2.43. The van der Waals surface area contributed by atoms with Crippen LogP contribution in [-0.2, 0) is 0 Å². The van der Waals surface area contributed by atoms with Crippen molar-refractivity contribution >= 4 is 5.91 Å². The van der Waals surface area contributed by atoms with Gasteiger partial charge >= 0.3 is 0 Å². The first-order valence-corrected chi connectivity index (χ1v) is 8.15. The first-order valence-electron chi connectivity index (χ1n) is 8.15. The maximum Gasteiger partial charge on any atom is 0.257 e. The van der Waals surface area contributed by atoms with Gasteiger partial charge in [0.05, 0.1) is 25.8 Å². The molecule has 24 heavy (non-hydrogen) atoms. The Morgan fingerprint density at radius 2 is 2.00 bits per heavy atom. The fraction of sp³-hybridized carbons (Fsp3) is 0.421. The molecule has 1 atom stereocenters. The molecule has 3 rings (SSSR count). The van der Waals surface area contributed by atoms with E-state index in [1.54, 1.807) is 14.2 Å². The van der Waals surface area contributed by atoms with Gasteiger partial charge in [0.25, 0.3) is 5.91 Å². The lowest BCUT2D eigenvalue weighted by Gasteiger charge is -2.26. The molecule has 2 aromatic rings. The lowest BCUT2D eigenvalue weighted by molar-refractivity contribution is 0.0732. The average molecular weight is 329 g/mol. The predicted molar refractivity (Wildman–Crippen MR) is 90.7 cm³/mol. The molecule has 1 aliphatic heterocycles. The smallest absolute Gasteiger partial charge is 0.257 e. The van der Waals surface area contributed by atoms with E-state index in [1.165, 1.54) is 0 Å². The molecule has 0 spiro atoms. The molecule has 1 fully saturated rings. The quantitative estimate of drug-likeness (QED) is 0.854. The second-order valence-corrected chi connectivity index (χ2v) is 6.09. The SMILES string of the molecule is COc1ccc([C@@H]2CCCN2C(=O)c2cc(C)oc2C)c(OC)c1. The lowest BCUT2D eigenvalue weighted by Crippen LogP contribution is -2.30.